The van der Waals surface area contributed by atoms with Crippen molar-refractivity contribution in [1.82, 2.24) is 4.90 Å². The minimum absolute atomic E-state index is 1.21. The molecule has 100 valence electrons. The lowest BCUT2D eigenvalue weighted by Crippen LogP contribution is -2.20. The van der Waals surface area contributed by atoms with Crippen LogP contribution >= 0.6 is 0 Å². The molecule has 0 fully saturated rings. The molecule has 0 spiro atoms. The minimum Gasteiger partial charge on any atom is -0.306 e. The van der Waals surface area contributed by atoms with Crippen LogP contribution < -0.4 is 0 Å². The van der Waals surface area contributed by atoms with Crippen LogP contribution in [-0.4, -0.2) is 25.0 Å². The van der Waals surface area contributed by atoms with Gasteiger partial charge in [-0.1, -0.05) is 31.9 Å². The van der Waals surface area contributed by atoms with Crippen molar-refractivity contribution in [2.24, 2.45) is 0 Å². The zero-order valence-corrected chi connectivity index (χ0v) is 12.3. The van der Waals surface area contributed by atoms with Crippen LogP contribution in [0.1, 0.15) is 48.4 Å². The van der Waals surface area contributed by atoms with Gasteiger partial charge in [0.2, 0.25) is 0 Å². The van der Waals surface area contributed by atoms with Gasteiger partial charge in [-0.3, -0.25) is 0 Å². The Morgan fingerprint density at radius 3 is 2.39 bits per heavy atom. The van der Waals surface area contributed by atoms with Gasteiger partial charge >= 0.3 is 0 Å². The molecule has 0 bridgehead atoms. The first kappa shape index (κ1) is 13.6. The number of likely N-dealkylation sites (N-methyl/N-ethyl adjacent to an activating group) is 1. The average Bonchev–Trinajstić information content (AvgIpc) is 2.53. The number of nitrogens with zero attached hydrogens (tertiary/aromatic N) is 1. The van der Waals surface area contributed by atoms with Crippen LogP contribution in [0.3, 0.4) is 0 Å². The smallest absolute Gasteiger partial charge is 0.00190 e. The van der Waals surface area contributed by atoms with E-state index in [1.165, 1.54) is 57.2 Å². The lowest BCUT2D eigenvalue weighted by atomic mass is 9.93. The maximum Gasteiger partial charge on any atom is 0.00190 e. The maximum atomic E-state index is 2.50. The summed E-state index contributed by atoms with van der Waals surface area (Å²) in [4.78, 5) is 2.45. The second-order valence-corrected chi connectivity index (χ2v) is 5.81. The molecule has 0 radical (unpaired) electrons. The molecule has 0 unspecified atom stereocenters. The minimum atomic E-state index is 1.21. The summed E-state index contributed by atoms with van der Waals surface area (Å²) >= 11 is 0. The highest BCUT2D eigenvalue weighted by atomic mass is 15.1. The van der Waals surface area contributed by atoms with Gasteiger partial charge in [0.1, 0.15) is 0 Å². The van der Waals surface area contributed by atoms with Gasteiger partial charge in [-0.2, -0.15) is 0 Å². The largest absolute Gasteiger partial charge is 0.306 e. The highest BCUT2D eigenvalue weighted by Crippen LogP contribution is 2.22. The molecule has 1 heteroatoms. The monoisotopic (exact) mass is 245 g/mol. The molecule has 0 atom stereocenters. The molecule has 1 aliphatic rings. The van der Waals surface area contributed by atoms with Crippen LogP contribution in [0, 0.1) is 6.92 Å². The maximum absolute atomic E-state index is 2.50. The fraction of sp³-hybridized carbons (Fsp3) is 0.647. The Balaban J connectivity index is 2.14. The standard InChI is InChI=1S/C17H27N/c1-4-5-6-7-15-13-17-9-11-18(3)10-8-16(17)12-14(15)2/h12-13H,4-11H2,1-3H3. The van der Waals surface area contributed by atoms with E-state index < -0.39 is 0 Å². The van der Waals surface area contributed by atoms with Gasteiger partial charge in [0.25, 0.3) is 0 Å². The van der Waals surface area contributed by atoms with Crippen LogP contribution in [0.25, 0.3) is 0 Å². The summed E-state index contributed by atoms with van der Waals surface area (Å²) in [5, 5.41) is 0. The Hall–Kier alpha value is -0.820. The van der Waals surface area contributed by atoms with E-state index in [1.807, 2.05) is 0 Å². The molecule has 0 amide bonds. The zero-order valence-electron chi connectivity index (χ0n) is 12.3. The molecule has 1 aliphatic heterocycles. The van der Waals surface area contributed by atoms with Crippen molar-refractivity contribution >= 4 is 0 Å². The first-order chi connectivity index (χ1) is 8.70. The first-order valence-electron chi connectivity index (χ1n) is 7.50. The van der Waals surface area contributed by atoms with Crippen LogP contribution in [0.4, 0.5) is 0 Å². The SMILES string of the molecule is CCCCCc1cc2c(cc1C)CCN(C)CC2. The third kappa shape index (κ3) is 3.35. The van der Waals surface area contributed by atoms with E-state index in [4.69, 9.17) is 0 Å². The molecule has 1 heterocycles. The van der Waals surface area contributed by atoms with Crippen molar-refractivity contribution in [3.05, 3.63) is 34.4 Å². The molecule has 1 aromatic carbocycles. The predicted octanol–water partition coefficient (Wildman–Crippen LogP) is 3.76. The summed E-state index contributed by atoms with van der Waals surface area (Å²) in [5.41, 5.74) is 6.30. The van der Waals surface area contributed by atoms with Gasteiger partial charge in [-0.05, 0) is 61.9 Å². The third-order valence-electron chi connectivity index (χ3n) is 4.23. The zero-order chi connectivity index (χ0) is 13.0. The summed E-state index contributed by atoms with van der Waals surface area (Å²) in [6, 6.07) is 4.95. The summed E-state index contributed by atoms with van der Waals surface area (Å²) < 4.78 is 0. The lowest BCUT2D eigenvalue weighted by molar-refractivity contribution is 0.352. The van der Waals surface area contributed by atoms with Gasteiger partial charge < -0.3 is 4.90 Å². The Bertz CT molecular complexity index is 395. The van der Waals surface area contributed by atoms with Gasteiger partial charge in [-0.25, -0.2) is 0 Å². The molecule has 0 N–H and O–H groups in total. The number of aryl methyl sites for hydroxylation is 2. The van der Waals surface area contributed by atoms with E-state index in [9.17, 15) is 0 Å². The van der Waals surface area contributed by atoms with Crippen molar-refractivity contribution < 1.29 is 0 Å². The molecule has 1 nitrogen and oxygen atoms in total. The lowest BCUT2D eigenvalue weighted by Gasteiger charge is -2.12. The normalized spacial score (nSPS) is 16.4. The van der Waals surface area contributed by atoms with E-state index in [1.54, 1.807) is 16.7 Å². The Morgan fingerprint density at radius 2 is 1.72 bits per heavy atom. The molecule has 0 saturated heterocycles. The summed E-state index contributed by atoms with van der Waals surface area (Å²) in [5.74, 6) is 0. The molecular formula is C17H27N. The molecule has 1 aromatic rings. The van der Waals surface area contributed by atoms with Crippen molar-refractivity contribution in [2.75, 3.05) is 20.1 Å². The van der Waals surface area contributed by atoms with Gasteiger partial charge in [0.05, 0.1) is 0 Å². The van der Waals surface area contributed by atoms with Gasteiger partial charge in [0, 0.05) is 13.1 Å². The molecule has 18 heavy (non-hydrogen) atoms. The Labute approximate surface area is 112 Å². The highest BCUT2D eigenvalue weighted by Gasteiger charge is 2.12. The van der Waals surface area contributed by atoms with Crippen molar-refractivity contribution in [1.29, 1.82) is 0 Å². The van der Waals surface area contributed by atoms with E-state index in [-0.39, 0.29) is 0 Å². The average molecular weight is 245 g/mol. The summed E-state index contributed by atoms with van der Waals surface area (Å²) in [6.07, 6.45) is 7.74. The fourth-order valence-corrected chi connectivity index (χ4v) is 2.90. The van der Waals surface area contributed by atoms with Crippen LogP contribution in [0.5, 0.6) is 0 Å². The predicted molar refractivity (Wildman–Crippen MR) is 79.3 cm³/mol. The molecule has 2 rings (SSSR count). The third-order valence-corrected chi connectivity index (χ3v) is 4.23. The Morgan fingerprint density at radius 1 is 1.06 bits per heavy atom. The summed E-state index contributed by atoms with van der Waals surface area (Å²) in [7, 11) is 2.24. The van der Waals surface area contributed by atoms with Crippen molar-refractivity contribution in [3.8, 4) is 0 Å². The molecule has 0 aliphatic carbocycles. The van der Waals surface area contributed by atoms with E-state index in [0.717, 1.165) is 0 Å². The highest BCUT2D eigenvalue weighted by molar-refractivity contribution is 5.39. The first-order valence-corrected chi connectivity index (χ1v) is 7.50. The van der Waals surface area contributed by atoms with Gasteiger partial charge in [-0.15, -0.1) is 0 Å². The number of unbranched alkanes of at least 4 members (excludes halogenated alkanes) is 2. The van der Waals surface area contributed by atoms with Crippen molar-refractivity contribution in [2.45, 2.75) is 52.4 Å². The number of hydrogen-bond donors (Lipinski definition) is 0. The molecule has 0 aromatic heterocycles. The number of benzene rings is 1. The van der Waals surface area contributed by atoms with Gasteiger partial charge in [0.15, 0.2) is 0 Å². The fourth-order valence-electron chi connectivity index (χ4n) is 2.90. The van der Waals surface area contributed by atoms with Crippen molar-refractivity contribution in [3.63, 3.8) is 0 Å². The molecular weight excluding hydrogens is 218 g/mol. The Kier molecular flexibility index (Phi) is 4.82. The van der Waals surface area contributed by atoms with Crippen LogP contribution in [0.15, 0.2) is 12.1 Å². The van der Waals surface area contributed by atoms with E-state index in [0.29, 0.717) is 0 Å². The second-order valence-electron chi connectivity index (χ2n) is 5.81. The van der Waals surface area contributed by atoms with E-state index >= 15 is 0 Å². The summed E-state index contributed by atoms with van der Waals surface area (Å²) in [6.45, 7) is 6.99. The quantitative estimate of drug-likeness (QED) is 0.730. The topological polar surface area (TPSA) is 3.24 Å². The van der Waals surface area contributed by atoms with Crippen LogP contribution in [0.2, 0.25) is 0 Å². The number of rotatable bonds is 4. The number of hydrogen-bond acceptors (Lipinski definition) is 1. The molecule has 0 saturated carbocycles. The van der Waals surface area contributed by atoms with Crippen LogP contribution in [-0.2, 0) is 19.3 Å². The van der Waals surface area contributed by atoms with E-state index in [2.05, 4.69) is 37.9 Å². The second kappa shape index (κ2) is 6.38. The number of fused-ring (bicyclic) bond motifs is 1.